The average Bonchev–Trinajstić information content (AvgIpc) is 2.29. The number of aliphatic hydroxyl groups excluding tert-OH is 1. The van der Waals surface area contributed by atoms with Gasteiger partial charge in [-0.1, -0.05) is 19.1 Å². The van der Waals surface area contributed by atoms with E-state index in [-0.39, 0.29) is 0 Å². The van der Waals surface area contributed by atoms with Crippen molar-refractivity contribution in [1.29, 1.82) is 0 Å². The van der Waals surface area contributed by atoms with Crippen molar-refractivity contribution < 1.29 is 14.6 Å². The molecule has 0 fully saturated rings. The predicted molar refractivity (Wildman–Crippen MR) is 63.8 cm³/mol. The van der Waals surface area contributed by atoms with E-state index in [1.165, 1.54) is 0 Å². The second-order valence-corrected chi connectivity index (χ2v) is 3.84. The first kappa shape index (κ1) is 13.0. The van der Waals surface area contributed by atoms with Gasteiger partial charge < -0.3 is 14.6 Å². The Morgan fingerprint density at radius 1 is 1.38 bits per heavy atom. The fourth-order valence-electron chi connectivity index (χ4n) is 1.52. The molecule has 90 valence electrons. The van der Waals surface area contributed by atoms with Crippen molar-refractivity contribution in [1.82, 2.24) is 0 Å². The van der Waals surface area contributed by atoms with E-state index in [2.05, 4.69) is 0 Å². The largest absolute Gasteiger partial charge is 0.496 e. The van der Waals surface area contributed by atoms with Gasteiger partial charge in [-0.25, -0.2) is 0 Å². The van der Waals surface area contributed by atoms with Gasteiger partial charge >= 0.3 is 0 Å². The number of benzene rings is 1. The maximum atomic E-state index is 9.94. The lowest BCUT2D eigenvalue weighted by Gasteiger charge is -2.15. The summed E-state index contributed by atoms with van der Waals surface area (Å²) < 4.78 is 10.6. The third-order valence-electron chi connectivity index (χ3n) is 2.37. The predicted octanol–water partition coefficient (Wildman–Crippen LogP) is 2.46. The second kappa shape index (κ2) is 6.51. The van der Waals surface area contributed by atoms with Gasteiger partial charge in [0.05, 0.1) is 13.7 Å². The number of rotatable bonds is 6. The van der Waals surface area contributed by atoms with E-state index < -0.39 is 6.10 Å². The van der Waals surface area contributed by atoms with Gasteiger partial charge in [0.25, 0.3) is 0 Å². The summed E-state index contributed by atoms with van der Waals surface area (Å²) in [7, 11) is 1.61. The maximum absolute atomic E-state index is 9.94. The first-order chi connectivity index (χ1) is 7.69. The Balaban J connectivity index is 2.70. The Labute approximate surface area is 97.0 Å². The van der Waals surface area contributed by atoms with E-state index in [1.54, 1.807) is 7.11 Å². The third-order valence-corrected chi connectivity index (χ3v) is 2.37. The molecule has 0 amide bonds. The minimum Gasteiger partial charge on any atom is -0.496 e. The molecule has 1 N–H and O–H groups in total. The van der Waals surface area contributed by atoms with E-state index in [4.69, 9.17) is 9.47 Å². The van der Waals surface area contributed by atoms with E-state index in [0.29, 0.717) is 19.0 Å². The fraction of sp³-hybridized carbons (Fsp3) is 0.538. The number of ether oxygens (including phenoxy) is 2. The smallest absolute Gasteiger partial charge is 0.125 e. The van der Waals surface area contributed by atoms with Crippen LogP contribution in [-0.2, 0) is 4.74 Å². The molecule has 1 rings (SSSR count). The molecule has 1 unspecified atom stereocenters. The van der Waals surface area contributed by atoms with E-state index in [0.717, 1.165) is 17.5 Å². The molecule has 3 heteroatoms. The standard InChI is InChI=1S/C13H20O3/c1-4-7-16-9-12(14)11-6-5-10(2)8-13(11)15-3/h5-6,8,12,14H,4,7,9H2,1-3H3. The summed E-state index contributed by atoms with van der Waals surface area (Å²) in [6.45, 7) is 5.02. The highest BCUT2D eigenvalue weighted by molar-refractivity contribution is 5.38. The lowest BCUT2D eigenvalue weighted by molar-refractivity contribution is 0.0352. The summed E-state index contributed by atoms with van der Waals surface area (Å²) in [6, 6.07) is 5.76. The van der Waals surface area contributed by atoms with Crippen molar-refractivity contribution >= 4 is 0 Å². The van der Waals surface area contributed by atoms with Crippen molar-refractivity contribution in [3.05, 3.63) is 29.3 Å². The Kier molecular flexibility index (Phi) is 5.29. The van der Waals surface area contributed by atoms with Crippen LogP contribution in [0.2, 0.25) is 0 Å². The first-order valence-electron chi connectivity index (χ1n) is 5.59. The quantitative estimate of drug-likeness (QED) is 0.754. The van der Waals surface area contributed by atoms with Crippen LogP contribution in [0.5, 0.6) is 5.75 Å². The number of hydrogen-bond acceptors (Lipinski definition) is 3. The second-order valence-electron chi connectivity index (χ2n) is 3.84. The molecular formula is C13H20O3. The normalized spacial score (nSPS) is 12.5. The monoisotopic (exact) mass is 224 g/mol. The summed E-state index contributed by atoms with van der Waals surface area (Å²) in [4.78, 5) is 0. The highest BCUT2D eigenvalue weighted by atomic mass is 16.5. The molecule has 0 aliphatic carbocycles. The lowest BCUT2D eigenvalue weighted by Crippen LogP contribution is -2.09. The zero-order chi connectivity index (χ0) is 12.0. The molecule has 0 aliphatic rings. The van der Waals surface area contributed by atoms with Crippen LogP contribution in [0.15, 0.2) is 18.2 Å². The van der Waals surface area contributed by atoms with Gasteiger partial charge in [-0.15, -0.1) is 0 Å². The molecular weight excluding hydrogens is 204 g/mol. The Morgan fingerprint density at radius 3 is 2.75 bits per heavy atom. The van der Waals surface area contributed by atoms with Crippen molar-refractivity contribution in [2.75, 3.05) is 20.3 Å². The van der Waals surface area contributed by atoms with Crippen LogP contribution >= 0.6 is 0 Å². The summed E-state index contributed by atoms with van der Waals surface area (Å²) >= 11 is 0. The van der Waals surface area contributed by atoms with Gasteiger partial charge in [0, 0.05) is 12.2 Å². The molecule has 1 aromatic rings. The van der Waals surface area contributed by atoms with Crippen LogP contribution in [-0.4, -0.2) is 25.4 Å². The van der Waals surface area contributed by atoms with Gasteiger partial charge in [-0.05, 0) is 25.0 Å². The van der Waals surface area contributed by atoms with Gasteiger partial charge in [0.1, 0.15) is 11.9 Å². The van der Waals surface area contributed by atoms with Crippen molar-refractivity contribution in [3.63, 3.8) is 0 Å². The summed E-state index contributed by atoms with van der Waals surface area (Å²) in [5.41, 5.74) is 1.89. The molecule has 0 heterocycles. The molecule has 1 aromatic carbocycles. The van der Waals surface area contributed by atoms with Crippen LogP contribution in [0.4, 0.5) is 0 Å². The molecule has 0 aliphatic heterocycles. The van der Waals surface area contributed by atoms with Gasteiger partial charge in [0.15, 0.2) is 0 Å². The SMILES string of the molecule is CCCOCC(O)c1ccc(C)cc1OC. The Bertz CT molecular complexity index is 323. The molecule has 0 spiro atoms. The number of methoxy groups -OCH3 is 1. The van der Waals surface area contributed by atoms with Crippen molar-refractivity contribution in [2.45, 2.75) is 26.4 Å². The van der Waals surface area contributed by atoms with Crippen LogP contribution < -0.4 is 4.74 Å². The fourth-order valence-corrected chi connectivity index (χ4v) is 1.52. The van der Waals surface area contributed by atoms with Crippen LogP contribution in [0.3, 0.4) is 0 Å². The molecule has 0 saturated heterocycles. The van der Waals surface area contributed by atoms with E-state index in [9.17, 15) is 5.11 Å². The molecule has 1 atom stereocenters. The molecule has 0 bridgehead atoms. The topological polar surface area (TPSA) is 38.7 Å². The number of hydrogen-bond donors (Lipinski definition) is 1. The molecule has 0 aromatic heterocycles. The maximum Gasteiger partial charge on any atom is 0.125 e. The molecule has 0 saturated carbocycles. The van der Waals surface area contributed by atoms with Crippen LogP contribution in [0.1, 0.15) is 30.6 Å². The van der Waals surface area contributed by atoms with Gasteiger partial charge in [-0.2, -0.15) is 0 Å². The van der Waals surface area contributed by atoms with Crippen LogP contribution in [0.25, 0.3) is 0 Å². The van der Waals surface area contributed by atoms with Gasteiger partial charge in [0.2, 0.25) is 0 Å². The van der Waals surface area contributed by atoms with Crippen LogP contribution in [0, 0.1) is 6.92 Å². The summed E-state index contributed by atoms with van der Waals surface area (Å²) in [5, 5.41) is 9.94. The molecule has 0 radical (unpaired) electrons. The first-order valence-corrected chi connectivity index (χ1v) is 5.59. The average molecular weight is 224 g/mol. The summed E-state index contributed by atoms with van der Waals surface area (Å²) in [5.74, 6) is 0.715. The minimum atomic E-state index is -0.623. The third kappa shape index (κ3) is 3.51. The molecule has 3 nitrogen and oxygen atoms in total. The van der Waals surface area contributed by atoms with Gasteiger partial charge in [-0.3, -0.25) is 0 Å². The Hall–Kier alpha value is -1.06. The summed E-state index contributed by atoms with van der Waals surface area (Å²) in [6.07, 6.45) is 0.333. The Morgan fingerprint density at radius 2 is 2.12 bits per heavy atom. The van der Waals surface area contributed by atoms with E-state index >= 15 is 0 Å². The zero-order valence-electron chi connectivity index (χ0n) is 10.2. The highest BCUT2D eigenvalue weighted by Crippen LogP contribution is 2.26. The minimum absolute atomic E-state index is 0.313. The number of aryl methyl sites for hydroxylation is 1. The highest BCUT2D eigenvalue weighted by Gasteiger charge is 2.13. The zero-order valence-corrected chi connectivity index (χ0v) is 10.2. The number of aliphatic hydroxyl groups is 1. The lowest BCUT2D eigenvalue weighted by atomic mass is 10.1. The molecule has 16 heavy (non-hydrogen) atoms. The van der Waals surface area contributed by atoms with Crippen molar-refractivity contribution in [2.24, 2.45) is 0 Å². The van der Waals surface area contributed by atoms with E-state index in [1.807, 2.05) is 32.0 Å². The van der Waals surface area contributed by atoms with Crippen molar-refractivity contribution in [3.8, 4) is 5.75 Å².